The van der Waals surface area contributed by atoms with Gasteiger partial charge in [0, 0.05) is 24.6 Å². The average Bonchev–Trinajstić information content (AvgIpc) is 3.57. The fourth-order valence-corrected chi connectivity index (χ4v) is 7.85. The molecule has 43 heavy (non-hydrogen) atoms. The molecule has 1 aliphatic carbocycles. The number of aliphatic hydroxyl groups excluding tert-OH is 1. The van der Waals surface area contributed by atoms with Crippen LogP contribution in [0, 0.1) is 23.2 Å². The summed E-state index contributed by atoms with van der Waals surface area (Å²) in [4.78, 5) is 57.7. The number of carbonyl (C=O) groups is 4. The van der Waals surface area contributed by atoms with Crippen LogP contribution in [0.15, 0.2) is 18.2 Å². The van der Waals surface area contributed by atoms with Gasteiger partial charge in [0.25, 0.3) is 0 Å². The Morgan fingerprint density at radius 2 is 2.00 bits per heavy atom. The van der Waals surface area contributed by atoms with Crippen LogP contribution in [0.2, 0.25) is 0 Å². The molecule has 0 bridgehead atoms. The highest BCUT2D eigenvalue weighted by atomic mass is 32.1. The zero-order valence-electron chi connectivity index (χ0n) is 25.4. The van der Waals surface area contributed by atoms with Crippen LogP contribution in [0.5, 0.6) is 0 Å². The standard InChI is InChI=1S/C30H40N4O8S/c1-15(2)30(6)9-7-8-19(10-30)42-29(39)41-14-40-28(38)25-22(16(3)24-23(17(4)35)26(37)34(24)25)21-12-33-13-32-20(27(33)43-21)11-31-18(5)36/h12-13,15-17,19,23-24,35H,7-11,14H2,1-6H3,(H,31,36)/t16-,17+,19?,23+,24+,30?/m0/s1. The second kappa shape index (κ2) is 11.9. The molecule has 13 heteroatoms. The number of nitrogens with one attached hydrogen (secondary N) is 1. The first kappa shape index (κ1) is 31.0. The summed E-state index contributed by atoms with van der Waals surface area (Å²) in [5, 5.41) is 13.1. The first-order valence-corrected chi connectivity index (χ1v) is 15.6. The summed E-state index contributed by atoms with van der Waals surface area (Å²) in [6.45, 7) is 11.0. The van der Waals surface area contributed by atoms with Gasteiger partial charge in [-0.2, -0.15) is 0 Å². The molecule has 6 atom stereocenters. The second-order valence-electron chi connectivity index (χ2n) is 12.5. The summed E-state index contributed by atoms with van der Waals surface area (Å²) in [6, 6.07) is -0.420. The number of fused-ring (bicyclic) bond motifs is 2. The van der Waals surface area contributed by atoms with Gasteiger partial charge in [-0.1, -0.05) is 27.7 Å². The normalized spacial score (nSPS) is 27.6. The third kappa shape index (κ3) is 5.76. The largest absolute Gasteiger partial charge is 0.511 e. The van der Waals surface area contributed by atoms with E-state index < -0.39 is 37.0 Å². The minimum Gasteiger partial charge on any atom is -0.431 e. The maximum absolute atomic E-state index is 13.5. The Morgan fingerprint density at radius 1 is 1.26 bits per heavy atom. The van der Waals surface area contributed by atoms with Crippen LogP contribution in [-0.2, 0) is 35.1 Å². The molecule has 5 rings (SSSR count). The van der Waals surface area contributed by atoms with Gasteiger partial charge < -0.3 is 29.5 Å². The van der Waals surface area contributed by atoms with E-state index in [9.17, 15) is 24.3 Å². The van der Waals surface area contributed by atoms with E-state index in [0.29, 0.717) is 17.2 Å². The smallest absolute Gasteiger partial charge is 0.431 e. The number of esters is 1. The molecule has 2 N–H and O–H groups in total. The highest BCUT2D eigenvalue weighted by Crippen LogP contribution is 2.52. The highest BCUT2D eigenvalue weighted by Gasteiger charge is 2.60. The second-order valence-corrected chi connectivity index (χ2v) is 13.5. The molecule has 1 saturated heterocycles. The topological polar surface area (TPSA) is 149 Å². The average molecular weight is 617 g/mol. The molecule has 3 aliphatic rings. The molecule has 1 saturated carbocycles. The van der Waals surface area contributed by atoms with E-state index in [2.05, 4.69) is 31.1 Å². The van der Waals surface area contributed by atoms with Gasteiger partial charge in [0.1, 0.15) is 23.0 Å². The molecule has 2 aliphatic heterocycles. The van der Waals surface area contributed by atoms with Crippen molar-refractivity contribution in [2.24, 2.45) is 23.2 Å². The fourth-order valence-electron chi connectivity index (χ4n) is 6.64. The Bertz CT molecular complexity index is 1460. The first-order valence-electron chi connectivity index (χ1n) is 14.8. The van der Waals surface area contributed by atoms with Crippen molar-refractivity contribution in [2.75, 3.05) is 6.79 Å². The summed E-state index contributed by atoms with van der Waals surface area (Å²) >= 11 is 1.37. The molecule has 2 fully saturated rings. The number of thiazole rings is 1. The van der Waals surface area contributed by atoms with E-state index in [1.165, 1.54) is 23.2 Å². The van der Waals surface area contributed by atoms with Gasteiger partial charge in [0.2, 0.25) is 18.6 Å². The van der Waals surface area contributed by atoms with E-state index in [1.54, 1.807) is 17.7 Å². The molecular formula is C30H40N4O8S. The minimum atomic E-state index is -0.903. The van der Waals surface area contributed by atoms with E-state index >= 15 is 0 Å². The molecule has 0 radical (unpaired) electrons. The van der Waals surface area contributed by atoms with Gasteiger partial charge in [-0.25, -0.2) is 14.6 Å². The number of carbonyl (C=O) groups excluding carboxylic acids is 4. The Hall–Kier alpha value is -3.45. The van der Waals surface area contributed by atoms with Crippen molar-refractivity contribution < 1.29 is 38.5 Å². The molecule has 12 nitrogen and oxygen atoms in total. The monoisotopic (exact) mass is 616 g/mol. The zero-order valence-corrected chi connectivity index (χ0v) is 26.2. The maximum atomic E-state index is 13.5. The van der Waals surface area contributed by atoms with E-state index in [-0.39, 0.29) is 41.5 Å². The molecule has 234 valence electrons. The van der Waals surface area contributed by atoms with Gasteiger partial charge in [-0.3, -0.25) is 14.0 Å². The number of imidazole rings is 1. The Balaban J connectivity index is 1.32. The van der Waals surface area contributed by atoms with Crippen molar-refractivity contribution in [3.05, 3.63) is 28.8 Å². The predicted octanol–water partition coefficient (Wildman–Crippen LogP) is 3.86. The van der Waals surface area contributed by atoms with E-state index in [4.69, 9.17) is 14.2 Å². The van der Waals surface area contributed by atoms with Gasteiger partial charge in [-0.15, -0.1) is 11.3 Å². The van der Waals surface area contributed by atoms with Crippen LogP contribution >= 0.6 is 11.3 Å². The quantitative estimate of drug-likeness (QED) is 0.243. The summed E-state index contributed by atoms with van der Waals surface area (Å²) in [5.74, 6) is -1.85. The molecule has 0 aromatic carbocycles. The Morgan fingerprint density at radius 3 is 2.67 bits per heavy atom. The molecule has 4 heterocycles. The summed E-state index contributed by atoms with van der Waals surface area (Å²) in [5.41, 5.74) is 1.42. The summed E-state index contributed by atoms with van der Waals surface area (Å²) < 4.78 is 17.8. The number of aliphatic hydroxyl groups is 1. The number of nitrogens with zero attached hydrogens (tertiary/aromatic N) is 3. The van der Waals surface area contributed by atoms with Crippen molar-refractivity contribution in [1.29, 1.82) is 0 Å². The lowest BCUT2D eigenvalue weighted by molar-refractivity contribution is -0.167. The van der Waals surface area contributed by atoms with Crippen molar-refractivity contribution in [3.63, 3.8) is 0 Å². The lowest BCUT2D eigenvalue weighted by atomic mass is 9.67. The van der Waals surface area contributed by atoms with Crippen molar-refractivity contribution >= 4 is 45.7 Å². The Kier molecular flexibility index (Phi) is 8.59. The molecule has 0 spiro atoms. The predicted molar refractivity (Wildman–Crippen MR) is 156 cm³/mol. The third-order valence-corrected chi connectivity index (χ3v) is 10.6. The minimum absolute atomic E-state index is 0.0669. The van der Waals surface area contributed by atoms with Crippen LogP contribution in [0.25, 0.3) is 10.4 Å². The van der Waals surface area contributed by atoms with Crippen LogP contribution < -0.4 is 5.32 Å². The highest BCUT2D eigenvalue weighted by molar-refractivity contribution is 7.18. The van der Waals surface area contributed by atoms with Crippen LogP contribution in [0.1, 0.15) is 77.8 Å². The molecule has 2 aromatic heterocycles. The third-order valence-electron chi connectivity index (χ3n) is 9.41. The van der Waals surface area contributed by atoms with Crippen LogP contribution in [-0.4, -0.2) is 68.4 Å². The molecule has 2 amide bonds. The SMILES string of the molecule is CC(=O)NCc1ncn2cc(C3=C(C(=O)OCOC(=O)OC4CCCC(C)(C(C)C)C4)N4C(=O)[C@H]([C@@H](C)O)[C@H]4[C@H]3C)sc12. The lowest BCUT2D eigenvalue weighted by Gasteiger charge is -2.46. The molecule has 2 aromatic rings. The van der Waals surface area contributed by atoms with Gasteiger partial charge in [-0.05, 0) is 43.9 Å². The summed E-state index contributed by atoms with van der Waals surface area (Å²) in [6.07, 6.45) is 4.92. The first-order chi connectivity index (χ1) is 20.3. The number of β-lactam (4-membered cyclic amide) rings is 1. The number of hydrogen-bond donors (Lipinski definition) is 2. The number of amides is 2. The maximum Gasteiger partial charge on any atom is 0.511 e. The number of aromatic nitrogens is 2. The molecule has 2 unspecified atom stereocenters. The number of ether oxygens (including phenoxy) is 3. The molecular weight excluding hydrogens is 576 g/mol. The van der Waals surface area contributed by atoms with Crippen molar-refractivity contribution in [1.82, 2.24) is 19.6 Å². The van der Waals surface area contributed by atoms with E-state index in [0.717, 1.165) is 35.4 Å². The van der Waals surface area contributed by atoms with Gasteiger partial charge in [0.15, 0.2) is 0 Å². The van der Waals surface area contributed by atoms with Gasteiger partial charge >= 0.3 is 12.1 Å². The fraction of sp³-hybridized carbons (Fsp3) is 0.633. The van der Waals surface area contributed by atoms with Crippen LogP contribution in [0.4, 0.5) is 4.79 Å². The zero-order chi connectivity index (χ0) is 31.2. The van der Waals surface area contributed by atoms with Gasteiger partial charge in [0.05, 0.1) is 35.2 Å². The number of hydrogen-bond acceptors (Lipinski definition) is 10. The van der Waals surface area contributed by atoms with Crippen LogP contribution in [0.3, 0.4) is 0 Å². The summed E-state index contributed by atoms with van der Waals surface area (Å²) in [7, 11) is 0. The van der Waals surface area contributed by atoms with E-state index in [1.807, 2.05) is 13.1 Å². The lowest BCUT2D eigenvalue weighted by Crippen LogP contribution is -2.63. The van der Waals surface area contributed by atoms with Crippen molar-refractivity contribution in [3.8, 4) is 0 Å². The number of rotatable bonds is 9. The van der Waals surface area contributed by atoms with Crippen molar-refractivity contribution in [2.45, 2.75) is 92.0 Å². The Labute approximate surface area is 254 Å².